The van der Waals surface area contributed by atoms with Crippen LogP contribution in [0.25, 0.3) is 11.2 Å². The molecule has 1 aliphatic heterocycles. The number of aromatic nitrogens is 4. The number of benzene rings is 2. The SMILES string of the molecule is O=c1[nH]c2c(N(Cc3ccccc3)Cc3ccccc3)ncnc2n1C1CCOCC1. The topological polar surface area (TPSA) is 76.0 Å². The van der Waals surface area contributed by atoms with E-state index in [-0.39, 0.29) is 11.7 Å². The fraction of sp³-hybridized carbons (Fsp3) is 0.292. The Morgan fingerprint density at radius 1 is 0.935 bits per heavy atom. The molecule has 1 aliphatic rings. The first-order valence-corrected chi connectivity index (χ1v) is 10.7. The summed E-state index contributed by atoms with van der Waals surface area (Å²) in [7, 11) is 0. The van der Waals surface area contributed by atoms with Crippen LogP contribution in [-0.4, -0.2) is 32.7 Å². The maximum atomic E-state index is 12.9. The molecule has 7 heteroatoms. The molecule has 3 heterocycles. The van der Waals surface area contributed by atoms with E-state index in [1.807, 2.05) is 36.4 Å². The van der Waals surface area contributed by atoms with Gasteiger partial charge in [-0.2, -0.15) is 0 Å². The lowest BCUT2D eigenvalue weighted by Gasteiger charge is -2.25. The number of nitrogens with zero attached hydrogens (tertiary/aromatic N) is 4. The van der Waals surface area contributed by atoms with Crippen LogP contribution in [0.3, 0.4) is 0 Å². The fourth-order valence-corrected chi connectivity index (χ4v) is 4.26. The molecule has 0 amide bonds. The Labute approximate surface area is 180 Å². The lowest BCUT2D eigenvalue weighted by molar-refractivity contribution is 0.0697. The zero-order chi connectivity index (χ0) is 21.0. The summed E-state index contributed by atoms with van der Waals surface area (Å²) in [6.07, 6.45) is 3.18. The number of hydrogen-bond donors (Lipinski definition) is 1. The van der Waals surface area contributed by atoms with Crippen LogP contribution in [-0.2, 0) is 17.8 Å². The van der Waals surface area contributed by atoms with Gasteiger partial charge in [-0.05, 0) is 24.0 Å². The standard InChI is InChI=1S/C24H25N5O2/c30-24-27-21-22(25-17-26-23(21)29(24)20-11-13-31-14-12-20)28(15-18-7-3-1-4-8-18)16-19-9-5-2-6-10-19/h1-10,17,20H,11-16H2,(H,27,30). The second-order valence-corrected chi connectivity index (χ2v) is 7.87. The summed E-state index contributed by atoms with van der Waals surface area (Å²) in [5.74, 6) is 0.737. The van der Waals surface area contributed by atoms with Crippen LogP contribution in [0.15, 0.2) is 71.8 Å². The molecule has 0 radical (unpaired) electrons. The maximum Gasteiger partial charge on any atom is 0.328 e. The van der Waals surface area contributed by atoms with Gasteiger partial charge in [0.2, 0.25) is 0 Å². The van der Waals surface area contributed by atoms with E-state index >= 15 is 0 Å². The molecule has 1 saturated heterocycles. The van der Waals surface area contributed by atoms with Crippen molar-refractivity contribution in [3.8, 4) is 0 Å². The minimum Gasteiger partial charge on any atom is -0.381 e. The molecule has 2 aromatic heterocycles. The van der Waals surface area contributed by atoms with Gasteiger partial charge in [0, 0.05) is 32.3 Å². The number of rotatable bonds is 6. The molecule has 1 fully saturated rings. The molecule has 0 aliphatic carbocycles. The van der Waals surface area contributed by atoms with Crippen molar-refractivity contribution in [3.63, 3.8) is 0 Å². The molecule has 1 N–H and O–H groups in total. The highest BCUT2D eigenvalue weighted by atomic mass is 16.5. The fourth-order valence-electron chi connectivity index (χ4n) is 4.26. The van der Waals surface area contributed by atoms with Gasteiger partial charge >= 0.3 is 5.69 Å². The van der Waals surface area contributed by atoms with Crippen LogP contribution in [0, 0.1) is 0 Å². The molecule has 2 aromatic carbocycles. The minimum atomic E-state index is -0.136. The third-order valence-electron chi connectivity index (χ3n) is 5.77. The number of fused-ring (bicyclic) bond motifs is 1. The summed E-state index contributed by atoms with van der Waals surface area (Å²) in [5, 5.41) is 0. The molecule has 5 rings (SSSR count). The summed E-state index contributed by atoms with van der Waals surface area (Å²) >= 11 is 0. The highest BCUT2D eigenvalue weighted by Gasteiger charge is 2.24. The number of anilines is 1. The number of hydrogen-bond acceptors (Lipinski definition) is 5. The second kappa shape index (κ2) is 8.73. The van der Waals surface area contributed by atoms with Crippen molar-refractivity contribution in [1.29, 1.82) is 0 Å². The third-order valence-corrected chi connectivity index (χ3v) is 5.77. The van der Waals surface area contributed by atoms with Gasteiger partial charge in [-0.25, -0.2) is 14.8 Å². The zero-order valence-corrected chi connectivity index (χ0v) is 17.3. The van der Waals surface area contributed by atoms with E-state index in [9.17, 15) is 4.79 Å². The maximum absolute atomic E-state index is 12.9. The van der Waals surface area contributed by atoms with E-state index in [0.717, 1.165) is 18.7 Å². The molecular formula is C24H25N5O2. The molecule has 0 unspecified atom stereocenters. The average molecular weight is 415 g/mol. The van der Waals surface area contributed by atoms with Gasteiger partial charge < -0.3 is 14.6 Å². The van der Waals surface area contributed by atoms with Gasteiger partial charge in [-0.1, -0.05) is 60.7 Å². The molecule has 0 spiro atoms. The van der Waals surface area contributed by atoms with Gasteiger partial charge in [0.25, 0.3) is 0 Å². The smallest absolute Gasteiger partial charge is 0.328 e. The van der Waals surface area contributed by atoms with Crippen molar-refractivity contribution < 1.29 is 4.74 Å². The highest BCUT2D eigenvalue weighted by Crippen LogP contribution is 2.28. The first-order chi connectivity index (χ1) is 15.3. The normalized spacial score (nSPS) is 14.7. The summed E-state index contributed by atoms with van der Waals surface area (Å²) < 4.78 is 7.26. The second-order valence-electron chi connectivity index (χ2n) is 7.87. The number of imidazole rings is 1. The number of H-pyrrole nitrogens is 1. The van der Waals surface area contributed by atoms with Crippen molar-refractivity contribution in [1.82, 2.24) is 19.5 Å². The zero-order valence-electron chi connectivity index (χ0n) is 17.3. The lowest BCUT2D eigenvalue weighted by Crippen LogP contribution is -2.27. The summed E-state index contributed by atoms with van der Waals surface area (Å²) in [6, 6.07) is 20.7. The van der Waals surface area contributed by atoms with Gasteiger partial charge in [0.15, 0.2) is 11.5 Å². The Kier molecular flexibility index (Phi) is 5.50. The monoisotopic (exact) mass is 415 g/mol. The summed E-state index contributed by atoms with van der Waals surface area (Å²) in [6.45, 7) is 2.67. The first-order valence-electron chi connectivity index (χ1n) is 10.7. The van der Waals surface area contributed by atoms with Gasteiger partial charge in [-0.3, -0.25) is 4.57 Å². The van der Waals surface area contributed by atoms with E-state index in [1.54, 1.807) is 10.9 Å². The van der Waals surface area contributed by atoms with Crippen molar-refractivity contribution in [2.75, 3.05) is 18.1 Å². The van der Waals surface area contributed by atoms with Gasteiger partial charge in [-0.15, -0.1) is 0 Å². The predicted molar refractivity (Wildman–Crippen MR) is 120 cm³/mol. The van der Waals surface area contributed by atoms with Gasteiger partial charge in [0.05, 0.1) is 0 Å². The van der Waals surface area contributed by atoms with Crippen LogP contribution in [0.4, 0.5) is 5.82 Å². The Morgan fingerprint density at radius 2 is 1.55 bits per heavy atom. The Hall–Kier alpha value is -3.45. The molecule has 0 atom stereocenters. The van der Waals surface area contributed by atoms with E-state index < -0.39 is 0 Å². The van der Waals surface area contributed by atoms with E-state index in [1.165, 1.54) is 11.1 Å². The van der Waals surface area contributed by atoms with Crippen LogP contribution in [0.1, 0.15) is 30.0 Å². The third kappa shape index (κ3) is 4.09. The van der Waals surface area contributed by atoms with Crippen LogP contribution in [0.5, 0.6) is 0 Å². The quantitative estimate of drug-likeness (QED) is 0.520. The van der Waals surface area contributed by atoms with Crippen molar-refractivity contribution in [2.45, 2.75) is 32.0 Å². The molecule has 31 heavy (non-hydrogen) atoms. The van der Waals surface area contributed by atoms with Crippen LogP contribution in [0.2, 0.25) is 0 Å². The predicted octanol–water partition coefficient (Wildman–Crippen LogP) is 3.68. The van der Waals surface area contributed by atoms with Crippen LogP contribution < -0.4 is 10.6 Å². The van der Waals surface area contributed by atoms with E-state index in [2.05, 4.69) is 44.1 Å². The van der Waals surface area contributed by atoms with Crippen molar-refractivity contribution in [2.24, 2.45) is 0 Å². The van der Waals surface area contributed by atoms with E-state index in [4.69, 9.17) is 4.74 Å². The molecule has 0 saturated carbocycles. The van der Waals surface area contributed by atoms with Crippen LogP contribution >= 0.6 is 0 Å². The summed E-state index contributed by atoms with van der Waals surface area (Å²) in [5.41, 5.74) is 3.56. The molecule has 158 valence electrons. The Morgan fingerprint density at radius 3 is 2.16 bits per heavy atom. The average Bonchev–Trinajstić information content (AvgIpc) is 3.16. The number of nitrogens with one attached hydrogen (secondary N) is 1. The molecule has 7 nitrogen and oxygen atoms in total. The summed E-state index contributed by atoms with van der Waals surface area (Å²) in [4.78, 5) is 27.2. The Bertz CT molecular complexity index is 1160. The minimum absolute atomic E-state index is 0.0921. The highest BCUT2D eigenvalue weighted by molar-refractivity contribution is 5.83. The molecular weight excluding hydrogens is 390 g/mol. The molecule has 0 bridgehead atoms. The molecule has 4 aromatic rings. The number of aromatic amines is 1. The lowest BCUT2D eigenvalue weighted by atomic mass is 10.1. The van der Waals surface area contributed by atoms with Crippen molar-refractivity contribution in [3.05, 3.63) is 88.6 Å². The van der Waals surface area contributed by atoms with Crippen molar-refractivity contribution >= 4 is 17.0 Å². The first kappa shape index (κ1) is 19.5. The van der Waals surface area contributed by atoms with E-state index in [0.29, 0.717) is 37.5 Å². The largest absolute Gasteiger partial charge is 0.381 e. The van der Waals surface area contributed by atoms with Gasteiger partial charge in [0.1, 0.15) is 11.8 Å². The Balaban J connectivity index is 1.58. The number of ether oxygens (including phenoxy) is 1.